The molecule has 1 heterocycles. The van der Waals surface area contributed by atoms with Gasteiger partial charge in [-0.25, -0.2) is 0 Å². The van der Waals surface area contributed by atoms with Gasteiger partial charge in [-0.1, -0.05) is 6.42 Å². The second kappa shape index (κ2) is 4.44. The molecule has 15 heavy (non-hydrogen) atoms. The average molecular weight is 290 g/mol. The Bertz CT molecular complexity index is 330. The van der Waals surface area contributed by atoms with Crippen LogP contribution in [0.15, 0.2) is 15.9 Å². The molecule has 0 bridgehead atoms. The molecule has 1 aromatic heterocycles. The highest BCUT2D eigenvalue weighted by atomic mass is 79.9. The van der Waals surface area contributed by atoms with Crippen LogP contribution >= 0.6 is 27.3 Å². The number of halogens is 1. The summed E-state index contributed by atoms with van der Waals surface area (Å²) in [5, 5.41) is 12.8. The molecule has 0 aromatic carbocycles. The van der Waals surface area contributed by atoms with Gasteiger partial charge < -0.3 is 10.0 Å². The Morgan fingerprint density at radius 2 is 2.33 bits per heavy atom. The predicted molar refractivity (Wildman–Crippen MR) is 68.7 cm³/mol. The number of thiophene rings is 1. The molecule has 84 valence electrons. The van der Waals surface area contributed by atoms with Crippen molar-refractivity contribution >= 4 is 32.3 Å². The molecule has 0 atom stereocenters. The van der Waals surface area contributed by atoms with Gasteiger partial charge in [-0.15, -0.1) is 11.3 Å². The second-order valence-electron chi connectivity index (χ2n) is 4.47. The number of aliphatic hydroxyl groups is 1. The van der Waals surface area contributed by atoms with Crippen molar-refractivity contribution in [3.8, 4) is 0 Å². The molecule has 1 aromatic rings. The lowest BCUT2D eigenvalue weighted by atomic mass is 9.69. The van der Waals surface area contributed by atoms with Crippen molar-refractivity contribution in [3.05, 3.63) is 15.9 Å². The third kappa shape index (κ3) is 2.37. The smallest absolute Gasteiger partial charge is 0.0917 e. The first-order valence-corrected chi connectivity index (χ1v) is 6.88. The van der Waals surface area contributed by atoms with E-state index >= 15 is 0 Å². The third-order valence-corrected chi connectivity index (χ3v) is 5.06. The average Bonchev–Trinajstić information content (AvgIpc) is 2.58. The van der Waals surface area contributed by atoms with Gasteiger partial charge in [0, 0.05) is 28.9 Å². The lowest BCUT2D eigenvalue weighted by molar-refractivity contribution is 0.0525. The van der Waals surface area contributed by atoms with E-state index in [0.29, 0.717) is 6.61 Å². The van der Waals surface area contributed by atoms with Crippen LogP contribution in [0, 0.1) is 5.41 Å². The van der Waals surface area contributed by atoms with Crippen LogP contribution in [0.1, 0.15) is 19.3 Å². The summed E-state index contributed by atoms with van der Waals surface area (Å²) in [4.78, 5) is 2.25. The minimum atomic E-state index is 0.172. The van der Waals surface area contributed by atoms with Crippen molar-refractivity contribution in [2.45, 2.75) is 19.3 Å². The molecule has 1 fully saturated rings. The Hall–Kier alpha value is -0.0600. The maximum Gasteiger partial charge on any atom is 0.0917 e. The molecule has 0 saturated heterocycles. The van der Waals surface area contributed by atoms with E-state index in [4.69, 9.17) is 0 Å². The standard InChI is InChI=1S/C11H16BrNOS/c1-13(10-5-9(12)6-15-10)7-11(8-14)3-2-4-11/h5-6,14H,2-4,7-8H2,1H3. The molecule has 1 N–H and O–H groups in total. The molecule has 2 rings (SSSR count). The van der Waals surface area contributed by atoms with Crippen LogP contribution in [0.3, 0.4) is 0 Å². The van der Waals surface area contributed by atoms with Crippen LogP contribution in [-0.4, -0.2) is 25.3 Å². The van der Waals surface area contributed by atoms with Crippen LogP contribution in [0.4, 0.5) is 5.00 Å². The van der Waals surface area contributed by atoms with Crippen LogP contribution in [0.5, 0.6) is 0 Å². The summed E-state index contributed by atoms with van der Waals surface area (Å²) in [6.07, 6.45) is 3.60. The number of rotatable bonds is 4. The summed E-state index contributed by atoms with van der Waals surface area (Å²) in [5.41, 5.74) is 0.172. The van der Waals surface area contributed by atoms with Crippen LogP contribution < -0.4 is 4.90 Å². The SMILES string of the molecule is CN(CC1(CO)CCC1)c1cc(Br)cs1. The van der Waals surface area contributed by atoms with E-state index in [1.807, 2.05) is 0 Å². The zero-order valence-electron chi connectivity index (χ0n) is 8.87. The molecule has 0 amide bonds. The third-order valence-electron chi connectivity index (χ3n) is 3.25. The first kappa shape index (κ1) is 11.4. The molecule has 4 heteroatoms. The first-order valence-electron chi connectivity index (χ1n) is 5.21. The van der Waals surface area contributed by atoms with Gasteiger partial charge >= 0.3 is 0 Å². The number of hydrogen-bond donors (Lipinski definition) is 1. The normalized spacial score (nSPS) is 18.6. The molecular formula is C11H16BrNOS. The fourth-order valence-electron chi connectivity index (χ4n) is 2.13. The zero-order valence-corrected chi connectivity index (χ0v) is 11.3. The largest absolute Gasteiger partial charge is 0.396 e. The summed E-state index contributed by atoms with van der Waals surface area (Å²) >= 11 is 5.20. The maximum absolute atomic E-state index is 9.41. The molecule has 0 spiro atoms. The zero-order chi connectivity index (χ0) is 10.9. The van der Waals surface area contributed by atoms with Gasteiger partial charge in [-0.05, 0) is 34.8 Å². The molecule has 0 radical (unpaired) electrons. The van der Waals surface area contributed by atoms with E-state index in [-0.39, 0.29) is 5.41 Å². The topological polar surface area (TPSA) is 23.5 Å². The first-order chi connectivity index (χ1) is 7.15. The number of anilines is 1. The molecule has 0 unspecified atom stereocenters. The second-order valence-corrected chi connectivity index (χ2v) is 6.28. The Labute approximate surface area is 103 Å². The summed E-state index contributed by atoms with van der Waals surface area (Å²) in [5.74, 6) is 0. The highest BCUT2D eigenvalue weighted by Crippen LogP contribution is 2.42. The Morgan fingerprint density at radius 1 is 1.60 bits per heavy atom. The fraction of sp³-hybridized carbons (Fsp3) is 0.636. The van der Waals surface area contributed by atoms with E-state index in [1.165, 1.54) is 24.3 Å². The van der Waals surface area contributed by atoms with E-state index in [0.717, 1.165) is 11.0 Å². The summed E-state index contributed by atoms with van der Waals surface area (Å²) in [6, 6.07) is 2.13. The van der Waals surface area contributed by atoms with Gasteiger partial charge in [0.2, 0.25) is 0 Å². The summed E-state index contributed by atoms with van der Waals surface area (Å²) in [6.45, 7) is 1.29. The van der Waals surface area contributed by atoms with Crippen LogP contribution in [0.2, 0.25) is 0 Å². The molecule has 1 saturated carbocycles. The highest BCUT2D eigenvalue weighted by Gasteiger charge is 2.37. The van der Waals surface area contributed by atoms with Crippen molar-refractivity contribution in [2.24, 2.45) is 5.41 Å². The lowest BCUT2D eigenvalue weighted by Crippen LogP contribution is -2.43. The van der Waals surface area contributed by atoms with Gasteiger partial charge in [-0.3, -0.25) is 0 Å². The van der Waals surface area contributed by atoms with Gasteiger partial charge in [0.25, 0.3) is 0 Å². The van der Waals surface area contributed by atoms with Crippen molar-refractivity contribution in [3.63, 3.8) is 0 Å². The van der Waals surface area contributed by atoms with Crippen molar-refractivity contribution in [1.82, 2.24) is 0 Å². The molecule has 1 aliphatic rings. The lowest BCUT2D eigenvalue weighted by Gasteiger charge is -2.43. The molecule has 0 aliphatic heterocycles. The van der Waals surface area contributed by atoms with E-state index in [1.54, 1.807) is 11.3 Å². The number of nitrogens with zero attached hydrogens (tertiary/aromatic N) is 1. The molecule has 1 aliphatic carbocycles. The Kier molecular flexibility index (Phi) is 3.38. The fourth-order valence-corrected chi connectivity index (χ4v) is 3.52. The van der Waals surface area contributed by atoms with Gasteiger partial charge in [0.1, 0.15) is 0 Å². The van der Waals surface area contributed by atoms with Crippen LogP contribution in [0.25, 0.3) is 0 Å². The van der Waals surface area contributed by atoms with Crippen molar-refractivity contribution < 1.29 is 5.11 Å². The van der Waals surface area contributed by atoms with Gasteiger partial charge in [-0.2, -0.15) is 0 Å². The monoisotopic (exact) mass is 289 g/mol. The highest BCUT2D eigenvalue weighted by molar-refractivity contribution is 9.10. The molecular weight excluding hydrogens is 274 g/mol. The molecule has 2 nitrogen and oxygen atoms in total. The van der Waals surface area contributed by atoms with Gasteiger partial charge in [0.05, 0.1) is 11.6 Å². The maximum atomic E-state index is 9.41. The Balaban J connectivity index is 1.99. The summed E-state index contributed by atoms with van der Waals surface area (Å²) in [7, 11) is 2.11. The summed E-state index contributed by atoms with van der Waals surface area (Å²) < 4.78 is 1.14. The quantitative estimate of drug-likeness (QED) is 0.921. The van der Waals surface area contributed by atoms with E-state index in [9.17, 15) is 5.11 Å². The van der Waals surface area contributed by atoms with E-state index in [2.05, 4.69) is 39.3 Å². The van der Waals surface area contributed by atoms with Crippen molar-refractivity contribution in [1.29, 1.82) is 0 Å². The number of aliphatic hydroxyl groups excluding tert-OH is 1. The number of hydrogen-bond acceptors (Lipinski definition) is 3. The minimum Gasteiger partial charge on any atom is -0.396 e. The predicted octanol–water partition coefficient (Wildman–Crippen LogP) is 3.11. The minimum absolute atomic E-state index is 0.172. The van der Waals surface area contributed by atoms with E-state index < -0.39 is 0 Å². The van der Waals surface area contributed by atoms with Gasteiger partial charge in [0.15, 0.2) is 0 Å². The van der Waals surface area contributed by atoms with Crippen molar-refractivity contribution in [2.75, 3.05) is 25.1 Å². The Morgan fingerprint density at radius 3 is 2.73 bits per heavy atom. The van der Waals surface area contributed by atoms with Crippen LogP contribution in [-0.2, 0) is 0 Å².